The highest BCUT2D eigenvalue weighted by molar-refractivity contribution is 5.93. The number of carboxylic acid groups (broad SMARTS) is 1. The van der Waals surface area contributed by atoms with Crippen LogP contribution >= 0.6 is 0 Å². The van der Waals surface area contributed by atoms with Gasteiger partial charge in [-0.3, -0.25) is 0 Å². The summed E-state index contributed by atoms with van der Waals surface area (Å²) in [5.74, 6) is -3.37. The van der Waals surface area contributed by atoms with Gasteiger partial charge in [0.05, 0.1) is 12.7 Å². The number of amides is 1. The quantitative estimate of drug-likeness (QED) is 0.644. The summed E-state index contributed by atoms with van der Waals surface area (Å²) in [7, 11) is 0.877. The molecule has 1 amide bonds. The van der Waals surface area contributed by atoms with Gasteiger partial charge in [0.15, 0.2) is 0 Å². The Morgan fingerprint density at radius 2 is 1.92 bits per heavy atom. The fraction of sp³-hybridized carbons (Fsp3) is 0.250. The molecule has 1 aliphatic rings. The van der Waals surface area contributed by atoms with Crippen LogP contribution in [0.25, 0.3) is 0 Å². The molecular weight excluding hydrogens is 346 g/mol. The third-order valence-corrected chi connectivity index (χ3v) is 3.62. The van der Waals surface area contributed by atoms with Gasteiger partial charge < -0.3 is 9.84 Å². The van der Waals surface area contributed by atoms with Gasteiger partial charge in [0.1, 0.15) is 11.5 Å². The minimum atomic E-state index is -5.15. The molecule has 1 atom stereocenters. The molecule has 134 valence electrons. The van der Waals surface area contributed by atoms with Crippen molar-refractivity contribution >= 4 is 12.1 Å². The van der Waals surface area contributed by atoms with Crippen molar-refractivity contribution in [2.24, 2.45) is 0 Å². The molecule has 0 saturated carbocycles. The summed E-state index contributed by atoms with van der Waals surface area (Å²) in [6.07, 6.45) is -5.91. The van der Waals surface area contributed by atoms with E-state index in [-0.39, 0.29) is 16.2 Å². The number of halogens is 4. The number of ether oxygens (including phenoxy) is 1. The van der Waals surface area contributed by atoms with Crippen molar-refractivity contribution in [2.45, 2.75) is 19.0 Å². The fourth-order valence-electron chi connectivity index (χ4n) is 2.67. The second kappa shape index (κ2) is 6.58. The van der Waals surface area contributed by atoms with E-state index in [0.29, 0.717) is 0 Å². The number of carbonyl (C=O) groups is 2. The number of methoxy groups -OCH3 is 1. The van der Waals surface area contributed by atoms with Gasteiger partial charge in [0.2, 0.25) is 0 Å². The number of hydrogen-bond acceptors (Lipinski definition) is 3. The molecular formula is C16H13F4NO4. The van der Waals surface area contributed by atoms with E-state index >= 15 is 0 Å². The van der Waals surface area contributed by atoms with Crippen LogP contribution in [-0.4, -0.2) is 35.4 Å². The molecule has 1 unspecified atom stereocenters. The standard InChI is InChI=1S/C16H13F4NO4/c1-8-6-11(9-4-3-5-10(17)7-9)12(14(22)25-2)13(16(18,19)20)21(8)15(23)24/h3-7,11H,1-2H3,(H,23,24). The third-order valence-electron chi connectivity index (χ3n) is 3.62. The van der Waals surface area contributed by atoms with E-state index in [4.69, 9.17) is 5.11 Å². The van der Waals surface area contributed by atoms with Crippen LogP contribution in [0.15, 0.2) is 47.3 Å². The molecule has 1 heterocycles. The van der Waals surface area contributed by atoms with Gasteiger partial charge in [-0.25, -0.2) is 18.9 Å². The Labute approximate surface area is 139 Å². The minimum absolute atomic E-state index is 0.0257. The summed E-state index contributed by atoms with van der Waals surface area (Å²) in [5.41, 5.74) is -2.79. The largest absolute Gasteiger partial charge is 0.466 e. The van der Waals surface area contributed by atoms with Crippen LogP contribution in [0.3, 0.4) is 0 Å². The molecule has 0 fully saturated rings. The highest BCUT2D eigenvalue weighted by Crippen LogP contribution is 2.43. The molecule has 1 aliphatic heterocycles. The van der Waals surface area contributed by atoms with E-state index in [9.17, 15) is 27.2 Å². The molecule has 0 aromatic heterocycles. The molecule has 2 rings (SSSR count). The maximum Gasteiger partial charge on any atom is 0.432 e. The van der Waals surface area contributed by atoms with Crippen LogP contribution in [0, 0.1) is 5.82 Å². The number of alkyl halides is 3. The van der Waals surface area contributed by atoms with Crippen molar-refractivity contribution in [3.05, 3.63) is 58.7 Å². The first-order valence-corrected chi connectivity index (χ1v) is 6.94. The Hall–Kier alpha value is -2.84. The predicted octanol–water partition coefficient (Wildman–Crippen LogP) is 3.80. The van der Waals surface area contributed by atoms with Crippen molar-refractivity contribution in [3.8, 4) is 0 Å². The summed E-state index contributed by atoms with van der Waals surface area (Å²) in [6.45, 7) is 1.15. The summed E-state index contributed by atoms with van der Waals surface area (Å²) in [5, 5.41) is 9.15. The number of esters is 1. The summed E-state index contributed by atoms with van der Waals surface area (Å²) in [6, 6.07) is 4.69. The Kier molecular flexibility index (Phi) is 4.87. The van der Waals surface area contributed by atoms with Crippen molar-refractivity contribution in [2.75, 3.05) is 7.11 Å². The van der Waals surface area contributed by atoms with Crippen molar-refractivity contribution in [1.82, 2.24) is 4.90 Å². The second-order valence-corrected chi connectivity index (χ2v) is 5.21. The smallest absolute Gasteiger partial charge is 0.432 e. The van der Waals surface area contributed by atoms with E-state index in [1.807, 2.05) is 0 Å². The summed E-state index contributed by atoms with van der Waals surface area (Å²) >= 11 is 0. The molecule has 0 aliphatic carbocycles. The highest BCUT2D eigenvalue weighted by Gasteiger charge is 2.49. The maximum atomic E-state index is 13.6. The molecule has 0 spiro atoms. The first-order chi connectivity index (χ1) is 11.6. The number of carbonyl (C=O) groups excluding carboxylic acids is 1. The molecule has 25 heavy (non-hydrogen) atoms. The van der Waals surface area contributed by atoms with Gasteiger partial charge in [0, 0.05) is 11.6 Å². The number of allylic oxidation sites excluding steroid dienone is 3. The lowest BCUT2D eigenvalue weighted by molar-refractivity contribution is -0.139. The van der Waals surface area contributed by atoms with Crippen LogP contribution < -0.4 is 0 Å². The van der Waals surface area contributed by atoms with Gasteiger partial charge in [-0.15, -0.1) is 0 Å². The van der Waals surface area contributed by atoms with E-state index in [2.05, 4.69) is 4.74 Å². The van der Waals surface area contributed by atoms with E-state index in [1.165, 1.54) is 12.1 Å². The number of benzene rings is 1. The van der Waals surface area contributed by atoms with E-state index in [1.54, 1.807) is 0 Å². The Morgan fingerprint density at radius 1 is 1.28 bits per heavy atom. The number of rotatable bonds is 2. The molecule has 0 radical (unpaired) electrons. The Morgan fingerprint density at radius 3 is 2.40 bits per heavy atom. The monoisotopic (exact) mass is 359 g/mol. The van der Waals surface area contributed by atoms with Gasteiger partial charge in [-0.2, -0.15) is 13.2 Å². The maximum absolute atomic E-state index is 13.6. The van der Waals surface area contributed by atoms with Gasteiger partial charge in [-0.1, -0.05) is 18.2 Å². The highest BCUT2D eigenvalue weighted by atomic mass is 19.4. The van der Waals surface area contributed by atoms with Crippen LogP contribution in [-0.2, 0) is 9.53 Å². The predicted molar refractivity (Wildman–Crippen MR) is 77.9 cm³/mol. The first-order valence-electron chi connectivity index (χ1n) is 6.94. The summed E-state index contributed by atoms with van der Waals surface area (Å²) < 4.78 is 58.6. The number of nitrogens with zero attached hydrogens (tertiary/aromatic N) is 1. The molecule has 5 nitrogen and oxygen atoms in total. The lowest BCUT2D eigenvalue weighted by Crippen LogP contribution is -2.40. The lowest BCUT2D eigenvalue weighted by Gasteiger charge is -2.33. The van der Waals surface area contributed by atoms with E-state index in [0.717, 1.165) is 32.2 Å². The van der Waals surface area contributed by atoms with Crippen LogP contribution in [0.4, 0.5) is 22.4 Å². The van der Waals surface area contributed by atoms with Gasteiger partial charge >= 0.3 is 18.2 Å². The topological polar surface area (TPSA) is 66.8 Å². The third kappa shape index (κ3) is 3.49. The molecule has 1 N–H and O–H groups in total. The second-order valence-electron chi connectivity index (χ2n) is 5.21. The average molecular weight is 359 g/mol. The molecule has 1 aromatic carbocycles. The normalized spacial score (nSPS) is 18.1. The van der Waals surface area contributed by atoms with Crippen LogP contribution in [0.5, 0.6) is 0 Å². The van der Waals surface area contributed by atoms with Crippen molar-refractivity contribution < 1.29 is 37.0 Å². The minimum Gasteiger partial charge on any atom is -0.466 e. The summed E-state index contributed by atoms with van der Waals surface area (Å²) in [4.78, 5) is 23.3. The zero-order valence-corrected chi connectivity index (χ0v) is 13.1. The molecule has 0 bridgehead atoms. The fourth-order valence-corrected chi connectivity index (χ4v) is 2.67. The lowest BCUT2D eigenvalue weighted by atomic mass is 9.85. The molecule has 0 saturated heterocycles. The molecule has 9 heteroatoms. The zero-order valence-electron chi connectivity index (χ0n) is 13.1. The SMILES string of the molecule is COC(=O)C1=C(C(F)(F)F)N(C(=O)O)C(C)=CC1c1cccc(F)c1. The van der Waals surface area contributed by atoms with Gasteiger partial charge in [0.25, 0.3) is 0 Å². The van der Waals surface area contributed by atoms with Crippen LogP contribution in [0.2, 0.25) is 0 Å². The zero-order chi connectivity index (χ0) is 18.9. The average Bonchev–Trinajstić information content (AvgIpc) is 2.51. The Bertz CT molecular complexity index is 783. The first kappa shape index (κ1) is 18.5. The number of hydrogen-bond donors (Lipinski definition) is 1. The Balaban J connectivity index is 2.81. The van der Waals surface area contributed by atoms with Crippen molar-refractivity contribution in [1.29, 1.82) is 0 Å². The van der Waals surface area contributed by atoms with E-state index < -0.39 is 41.2 Å². The van der Waals surface area contributed by atoms with Crippen molar-refractivity contribution in [3.63, 3.8) is 0 Å². The van der Waals surface area contributed by atoms with Crippen LogP contribution in [0.1, 0.15) is 18.4 Å². The van der Waals surface area contributed by atoms with Gasteiger partial charge in [-0.05, 0) is 24.6 Å². The molecule has 1 aromatic rings.